The fourth-order valence-corrected chi connectivity index (χ4v) is 3.05. The molecule has 4 N–H and O–H groups in total. The predicted octanol–water partition coefficient (Wildman–Crippen LogP) is 3.77. The van der Waals surface area contributed by atoms with Crippen LogP contribution in [0, 0.1) is 0 Å². The van der Waals surface area contributed by atoms with Crippen LogP contribution in [0.25, 0.3) is 10.9 Å². The number of aromatic nitrogens is 2. The SMILES string of the molecule is CCC(Nc1cc2[nH]ncc2cc1N)c1cccs1. The first-order valence-electron chi connectivity index (χ1n) is 6.30. The number of hydrogen-bond donors (Lipinski definition) is 3. The van der Waals surface area contributed by atoms with Crippen molar-refractivity contribution in [2.24, 2.45) is 0 Å². The molecule has 0 aliphatic heterocycles. The highest BCUT2D eigenvalue weighted by molar-refractivity contribution is 7.10. The van der Waals surface area contributed by atoms with Crippen LogP contribution in [-0.2, 0) is 0 Å². The number of nitrogens with zero attached hydrogens (tertiary/aromatic N) is 1. The third kappa shape index (κ3) is 2.29. The van der Waals surface area contributed by atoms with Crippen LogP contribution in [0.15, 0.2) is 35.8 Å². The number of nitrogen functional groups attached to an aromatic ring is 1. The van der Waals surface area contributed by atoms with E-state index in [0.717, 1.165) is 28.7 Å². The predicted molar refractivity (Wildman–Crippen MR) is 81.5 cm³/mol. The van der Waals surface area contributed by atoms with E-state index in [9.17, 15) is 0 Å². The standard InChI is InChI=1S/C14H16N4S/c1-2-11(14-4-3-5-19-14)17-13-7-12-9(6-10(13)15)8-16-18-12/h3-8,11,17H,2,15H2,1H3,(H,16,18). The largest absolute Gasteiger partial charge is 0.397 e. The number of nitrogens with two attached hydrogens (primary N) is 1. The number of anilines is 2. The Morgan fingerprint density at radius 2 is 2.37 bits per heavy atom. The summed E-state index contributed by atoms with van der Waals surface area (Å²) in [6.45, 7) is 2.17. The minimum absolute atomic E-state index is 0.294. The Morgan fingerprint density at radius 1 is 1.47 bits per heavy atom. The van der Waals surface area contributed by atoms with E-state index in [0.29, 0.717) is 6.04 Å². The Bertz CT molecular complexity index is 672. The lowest BCUT2D eigenvalue weighted by Gasteiger charge is -2.18. The number of hydrogen-bond acceptors (Lipinski definition) is 4. The zero-order valence-electron chi connectivity index (χ0n) is 10.7. The molecule has 0 radical (unpaired) electrons. The zero-order chi connectivity index (χ0) is 13.2. The van der Waals surface area contributed by atoms with E-state index in [-0.39, 0.29) is 0 Å². The van der Waals surface area contributed by atoms with Gasteiger partial charge in [-0.05, 0) is 30.0 Å². The second-order valence-electron chi connectivity index (χ2n) is 4.52. The van der Waals surface area contributed by atoms with Crippen molar-refractivity contribution in [3.8, 4) is 0 Å². The van der Waals surface area contributed by atoms with Gasteiger partial charge >= 0.3 is 0 Å². The molecule has 1 unspecified atom stereocenters. The summed E-state index contributed by atoms with van der Waals surface area (Å²) < 4.78 is 0. The fourth-order valence-electron chi connectivity index (χ4n) is 2.19. The fraction of sp³-hybridized carbons (Fsp3) is 0.214. The van der Waals surface area contributed by atoms with Crippen molar-refractivity contribution < 1.29 is 0 Å². The van der Waals surface area contributed by atoms with Crippen molar-refractivity contribution in [2.45, 2.75) is 19.4 Å². The van der Waals surface area contributed by atoms with Gasteiger partial charge in [-0.2, -0.15) is 5.10 Å². The smallest absolute Gasteiger partial charge is 0.0672 e. The average Bonchev–Trinajstić information content (AvgIpc) is 3.06. The van der Waals surface area contributed by atoms with Gasteiger partial charge in [0.15, 0.2) is 0 Å². The van der Waals surface area contributed by atoms with Gasteiger partial charge in [0.2, 0.25) is 0 Å². The van der Waals surface area contributed by atoms with E-state index >= 15 is 0 Å². The Kier molecular flexibility index (Phi) is 3.13. The monoisotopic (exact) mass is 272 g/mol. The van der Waals surface area contributed by atoms with Gasteiger partial charge < -0.3 is 11.1 Å². The molecular formula is C14H16N4S. The highest BCUT2D eigenvalue weighted by atomic mass is 32.1. The van der Waals surface area contributed by atoms with Crippen molar-refractivity contribution in [1.82, 2.24) is 10.2 Å². The lowest BCUT2D eigenvalue weighted by atomic mass is 10.1. The quantitative estimate of drug-likeness (QED) is 0.633. The molecule has 0 aliphatic rings. The maximum absolute atomic E-state index is 6.10. The van der Waals surface area contributed by atoms with Crippen molar-refractivity contribution >= 4 is 33.6 Å². The van der Waals surface area contributed by atoms with Gasteiger partial charge in [0.1, 0.15) is 0 Å². The number of fused-ring (bicyclic) bond motifs is 1. The van der Waals surface area contributed by atoms with E-state index in [2.05, 4.69) is 40.0 Å². The van der Waals surface area contributed by atoms with Crippen molar-refractivity contribution in [3.63, 3.8) is 0 Å². The normalized spacial score (nSPS) is 12.7. The first-order chi connectivity index (χ1) is 9.28. The third-order valence-corrected chi connectivity index (χ3v) is 4.22. The van der Waals surface area contributed by atoms with Crippen molar-refractivity contribution in [3.05, 3.63) is 40.7 Å². The van der Waals surface area contributed by atoms with Crippen LogP contribution in [0.3, 0.4) is 0 Å². The Balaban J connectivity index is 1.93. The minimum Gasteiger partial charge on any atom is -0.397 e. The molecule has 2 heterocycles. The molecule has 5 heteroatoms. The van der Waals surface area contributed by atoms with E-state index < -0.39 is 0 Å². The number of benzene rings is 1. The van der Waals surface area contributed by atoms with Crippen LogP contribution in [-0.4, -0.2) is 10.2 Å². The molecule has 0 saturated carbocycles. The molecule has 0 spiro atoms. The van der Waals surface area contributed by atoms with Crippen LogP contribution in [0.2, 0.25) is 0 Å². The van der Waals surface area contributed by atoms with Crippen molar-refractivity contribution in [2.75, 3.05) is 11.1 Å². The lowest BCUT2D eigenvalue weighted by Crippen LogP contribution is -2.09. The molecule has 1 atom stereocenters. The number of thiophene rings is 1. The Labute approximate surface area is 115 Å². The van der Waals surface area contributed by atoms with E-state index in [1.54, 1.807) is 17.5 Å². The topological polar surface area (TPSA) is 66.7 Å². The number of rotatable bonds is 4. The van der Waals surface area contributed by atoms with Crippen LogP contribution in [0.5, 0.6) is 0 Å². The Hall–Kier alpha value is -2.01. The highest BCUT2D eigenvalue weighted by Gasteiger charge is 2.12. The van der Waals surface area contributed by atoms with Gasteiger partial charge in [0.25, 0.3) is 0 Å². The van der Waals surface area contributed by atoms with Crippen molar-refractivity contribution in [1.29, 1.82) is 0 Å². The lowest BCUT2D eigenvalue weighted by molar-refractivity contribution is 0.764. The van der Waals surface area contributed by atoms with Crippen LogP contribution in [0.4, 0.5) is 11.4 Å². The van der Waals surface area contributed by atoms with Crippen LogP contribution < -0.4 is 11.1 Å². The summed E-state index contributed by atoms with van der Waals surface area (Å²) >= 11 is 1.76. The summed E-state index contributed by atoms with van der Waals surface area (Å²) in [6, 6.07) is 8.49. The number of nitrogens with one attached hydrogen (secondary N) is 2. The van der Waals surface area contributed by atoms with E-state index in [1.165, 1.54) is 4.88 Å². The van der Waals surface area contributed by atoms with Gasteiger partial charge in [0, 0.05) is 10.3 Å². The third-order valence-electron chi connectivity index (χ3n) is 3.23. The van der Waals surface area contributed by atoms with Crippen LogP contribution in [0.1, 0.15) is 24.3 Å². The molecule has 0 fully saturated rings. The summed E-state index contributed by atoms with van der Waals surface area (Å²) in [4.78, 5) is 1.33. The van der Waals surface area contributed by atoms with Gasteiger partial charge in [-0.1, -0.05) is 13.0 Å². The molecule has 3 aromatic rings. The summed E-state index contributed by atoms with van der Waals surface area (Å²) in [5.74, 6) is 0. The van der Waals surface area contributed by atoms with Gasteiger partial charge in [-0.25, -0.2) is 0 Å². The molecular weight excluding hydrogens is 256 g/mol. The van der Waals surface area contributed by atoms with Gasteiger partial charge in [0.05, 0.1) is 29.1 Å². The number of H-pyrrole nitrogens is 1. The second-order valence-corrected chi connectivity index (χ2v) is 5.50. The summed E-state index contributed by atoms with van der Waals surface area (Å²) in [5.41, 5.74) is 8.81. The summed E-state index contributed by atoms with van der Waals surface area (Å²) in [6.07, 6.45) is 2.80. The molecule has 2 aromatic heterocycles. The first-order valence-corrected chi connectivity index (χ1v) is 7.18. The van der Waals surface area contributed by atoms with Gasteiger partial charge in [-0.3, -0.25) is 5.10 Å². The summed E-state index contributed by atoms with van der Waals surface area (Å²) in [5, 5.41) is 13.6. The van der Waals surface area contributed by atoms with Gasteiger partial charge in [-0.15, -0.1) is 11.3 Å². The molecule has 0 bridgehead atoms. The first kappa shape index (κ1) is 12.0. The molecule has 1 aromatic carbocycles. The maximum Gasteiger partial charge on any atom is 0.0672 e. The highest BCUT2D eigenvalue weighted by Crippen LogP contribution is 2.31. The molecule has 4 nitrogen and oxygen atoms in total. The summed E-state index contributed by atoms with van der Waals surface area (Å²) in [7, 11) is 0. The Morgan fingerprint density at radius 3 is 3.11 bits per heavy atom. The molecule has 19 heavy (non-hydrogen) atoms. The number of aromatic amines is 1. The van der Waals surface area contributed by atoms with E-state index in [4.69, 9.17) is 5.73 Å². The maximum atomic E-state index is 6.10. The minimum atomic E-state index is 0.294. The van der Waals surface area contributed by atoms with Crippen LogP contribution >= 0.6 is 11.3 Å². The molecule has 0 amide bonds. The molecule has 0 saturated heterocycles. The van der Waals surface area contributed by atoms with E-state index in [1.807, 2.05) is 12.1 Å². The average molecular weight is 272 g/mol. The second kappa shape index (κ2) is 4.93. The zero-order valence-corrected chi connectivity index (χ0v) is 11.5. The molecule has 3 rings (SSSR count). The molecule has 0 aliphatic carbocycles. The molecule has 98 valence electrons.